The minimum atomic E-state index is -0.522. The summed E-state index contributed by atoms with van der Waals surface area (Å²) in [5, 5.41) is 3.23. The first-order chi connectivity index (χ1) is 12.7. The third-order valence-corrected chi connectivity index (χ3v) is 4.47. The second-order valence-electron chi connectivity index (χ2n) is 7.43. The molecular formula is C21H23N3O3. The molecule has 140 valence electrons. The summed E-state index contributed by atoms with van der Waals surface area (Å²) in [6.07, 6.45) is 1.42. The third-order valence-electron chi connectivity index (χ3n) is 4.47. The van der Waals surface area contributed by atoms with Gasteiger partial charge in [-0.15, -0.1) is 0 Å². The summed E-state index contributed by atoms with van der Waals surface area (Å²) in [6.45, 7) is 6.15. The maximum Gasteiger partial charge on any atom is 0.261 e. The molecule has 0 saturated heterocycles. The maximum absolute atomic E-state index is 12.8. The SMILES string of the molecule is COc1c(N)cc(C(C)(C)C)cc1NC(=O)c1c[nH]c2ccccc2c1=O. The highest BCUT2D eigenvalue weighted by Crippen LogP contribution is 2.37. The minimum Gasteiger partial charge on any atom is -0.492 e. The van der Waals surface area contributed by atoms with Gasteiger partial charge in [-0.2, -0.15) is 0 Å². The van der Waals surface area contributed by atoms with Crippen molar-refractivity contribution in [1.29, 1.82) is 0 Å². The third kappa shape index (κ3) is 3.51. The van der Waals surface area contributed by atoms with Crippen LogP contribution in [0.3, 0.4) is 0 Å². The number of rotatable bonds is 3. The van der Waals surface area contributed by atoms with Crippen molar-refractivity contribution in [3.05, 3.63) is 63.9 Å². The number of para-hydroxylation sites is 1. The van der Waals surface area contributed by atoms with Gasteiger partial charge < -0.3 is 20.8 Å². The average Bonchev–Trinajstić information content (AvgIpc) is 2.61. The molecule has 0 aliphatic rings. The van der Waals surface area contributed by atoms with E-state index in [1.54, 1.807) is 18.2 Å². The molecule has 1 amide bonds. The molecule has 6 heteroatoms. The van der Waals surface area contributed by atoms with Crippen molar-refractivity contribution in [2.24, 2.45) is 0 Å². The predicted molar refractivity (Wildman–Crippen MR) is 109 cm³/mol. The first-order valence-corrected chi connectivity index (χ1v) is 8.62. The summed E-state index contributed by atoms with van der Waals surface area (Å²) >= 11 is 0. The molecule has 0 aliphatic carbocycles. The molecule has 3 aromatic rings. The van der Waals surface area contributed by atoms with E-state index in [1.165, 1.54) is 13.3 Å². The van der Waals surface area contributed by atoms with Gasteiger partial charge in [-0.05, 0) is 35.2 Å². The number of carbonyl (C=O) groups excluding carboxylic acids is 1. The molecule has 0 saturated carbocycles. The van der Waals surface area contributed by atoms with E-state index in [-0.39, 0.29) is 16.4 Å². The number of fused-ring (bicyclic) bond motifs is 1. The van der Waals surface area contributed by atoms with Gasteiger partial charge in [0.2, 0.25) is 5.43 Å². The molecule has 0 spiro atoms. The van der Waals surface area contributed by atoms with Gasteiger partial charge in [-0.1, -0.05) is 32.9 Å². The standard InChI is InChI=1S/C21H23N3O3/c1-21(2,3)12-9-15(22)19(27-4)17(10-12)24-20(26)14-11-23-16-8-6-5-7-13(16)18(14)25/h5-11H,22H2,1-4H3,(H,23,25)(H,24,26). The van der Waals surface area contributed by atoms with Gasteiger partial charge in [0.15, 0.2) is 5.75 Å². The monoisotopic (exact) mass is 365 g/mol. The molecule has 0 bridgehead atoms. The Kier molecular flexibility index (Phi) is 4.66. The summed E-state index contributed by atoms with van der Waals surface area (Å²) in [4.78, 5) is 28.4. The number of anilines is 2. The Bertz CT molecular complexity index is 1080. The summed E-state index contributed by atoms with van der Waals surface area (Å²) in [7, 11) is 1.49. The summed E-state index contributed by atoms with van der Waals surface area (Å²) in [5.74, 6) is -0.153. The number of hydrogen-bond acceptors (Lipinski definition) is 4. The van der Waals surface area contributed by atoms with Gasteiger partial charge in [0.1, 0.15) is 5.56 Å². The number of nitrogen functional groups attached to an aromatic ring is 1. The van der Waals surface area contributed by atoms with Crippen LogP contribution in [0.1, 0.15) is 36.7 Å². The second kappa shape index (κ2) is 6.79. The van der Waals surface area contributed by atoms with E-state index in [2.05, 4.69) is 10.3 Å². The van der Waals surface area contributed by atoms with Crippen LogP contribution >= 0.6 is 0 Å². The van der Waals surface area contributed by atoms with Gasteiger partial charge >= 0.3 is 0 Å². The van der Waals surface area contributed by atoms with E-state index in [0.29, 0.717) is 28.0 Å². The van der Waals surface area contributed by atoms with Crippen LogP contribution in [0.4, 0.5) is 11.4 Å². The van der Waals surface area contributed by atoms with Gasteiger partial charge in [0, 0.05) is 17.1 Å². The Morgan fingerprint density at radius 3 is 2.56 bits per heavy atom. The number of nitrogens with two attached hydrogens (primary N) is 1. The molecule has 2 aromatic carbocycles. The molecule has 1 heterocycles. The van der Waals surface area contributed by atoms with Gasteiger partial charge in [-0.3, -0.25) is 9.59 Å². The Morgan fingerprint density at radius 2 is 1.89 bits per heavy atom. The van der Waals surface area contributed by atoms with Crippen molar-refractivity contribution in [1.82, 2.24) is 4.98 Å². The molecule has 0 atom stereocenters. The number of aromatic amines is 1. The van der Waals surface area contributed by atoms with Crippen molar-refractivity contribution >= 4 is 28.2 Å². The number of benzene rings is 2. The smallest absolute Gasteiger partial charge is 0.261 e. The highest BCUT2D eigenvalue weighted by atomic mass is 16.5. The van der Waals surface area contributed by atoms with Crippen LogP contribution in [0.5, 0.6) is 5.75 Å². The van der Waals surface area contributed by atoms with Crippen molar-refractivity contribution in [3.8, 4) is 5.75 Å². The van der Waals surface area contributed by atoms with E-state index < -0.39 is 5.91 Å². The zero-order valence-electron chi connectivity index (χ0n) is 15.8. The molecule has 6 nitrogen and oxygen atoms in total. The number of H-pyrrole nitrogens is 1. The van der Waals surface area contributed by atoms with Crippen LogP contribution in [-0.2, 0) is 5.41 Å². The number of pyridine rings is 1. The zero-order chi connectivity index (χ0) is 19.8. The van der Waals surface area contributed by atoms with Crippen LogP contribution in [0.2, 0.25) is 0 Å². The molecule has 1 aromatic heterocycles. The lowest BCUT2D eigenvalue weighted by atomic mass is 9.86. The normalized spacial score (nSPS) is 11.4. The second-order valence-corrected chi connectivity index (χ2v) is 7.43. The van der Waals surface area contributed by atoms with Crippen molar-refractivity contribution in [3.63, 3.8) is 0 Å². The fourth-order valence-electron chi connectivity index (χ4n) is 2.93. The van der Waals surface area contributed by atoms with Gasteiger partial charge in [0.05, 0.1) is 18.5 Å². The zero-order valence-corrected chi connectivity index (χ0v) is 15.8. The van der Waals surface area contributed by atoms with Gasteiger partial charge in [0.25, 0.3) is 5.91 Å². The van der Waals surface area contributed by atoms with E-state index in [4.69, 9.17) is 10.5 Å². The number of amides is 1. The summed E-state index contributed by atoms with van der Waals surface area (Å²) in [6, 6.07) is 10.7. The lowest BCUT2D eigenvalue weighted by molar-refractivity contribution is 0.102. The highest BCUT2D eigenvalue weighted by molar-refractivity contribution is 6.06. The fraction of sp³-hybridized carbons (Fsp3) is 0.238. The molecule has 4 N–H and O–H groups in total. The number of aromatic nitrogens is 1. The Balaban J connectivity index is 2.05. The lowest BCUT2D eigenvalue weighted by Crippen LogP contribution is -2.23. The van der Waals surface area contributed by atoms with Gasteiger partial charge in [-0.25, -0.2) is 0 Å². The molecular weight excluding hydrogens is 342 g/mol. The Labute approximate surface area is 157 Å². The summed E-state index contributed by atoms with van der Waals surface area (Å²) in [5.41, 5.74) is 8.11. The number of methoxy groups -OCH3 is 1. The van der Waals surface area contributed by atoms with Crippen LogP contribution in [0.15, 0.2) is 47.4 Å². The van der Waals surface area contributed by atoms with Crippen LogP contribution in [-0.4, -0.2) is 18.0 Å². The quantitative estimate of drug-likeness (QED) is 0.617. The molecule has 0 radical (unpaired) electrons. The van der Waals surface area contributed by atoms with Crippen LogP contribution in [0, 0.1) is 0 Å². The van der Waals surface area contributed by atoms with E-state index in [9.17, 15) is 9.59 Å². The molecule has 3 rings (SSSR count). The summed E-state index contributed by atoms with van der Waals surface area (Å²) < 4.78 is 5.36. The number of ether oxygens (including phenoxy) is 1. The van der Waals surface area contributed by atoms with E-state index >= 15 is 0 Å². The highest BCUT2D eigenvalue weighted by Gasteiger charge is 2.21. The Morgan fingerprint density at radius 1 is 1.19 bits per heavy atom. The minimum absolute atomic E-state index is 0.0236. The topological polar surface area (TPSA) is 97.2 Å². The maximum atomic E-state index is 12.8. The van der Waals surface area contributed by atoms with Crippen molar-refractivity contribution in [2.45, 2.75) is 26.2 Å². The van der Waals surface area contributed by atoms with E-state index in [1.807, 2.05) is 39.0 Å². The van der Waals surface area contributed by atoms with Crippen molar-refractivity contribution < 1.29 is 9.53 Å². The Hall–Kier alpha value is -3.28. The number of carbonyl (C=O) groups is 1. The molecule has 27 heavy (non-hydrogen) atoms. The number of hydrogen-bond donors (Lipinski definition) is 3. The van der Waals surface area contributed by atoms with Crippen LogP contribution < -0.4 is 21.2 Å². The van der Waals surface area contributed by atoms with Crippen molar-refractivity contribution in [2.75, 3.05) is 18.2 Å². The molecule has 0 unspecified atom stereocenters. The molecule has 0 aliphatic heterocycles. The van der Waals surface area contributed by atoms with Crippen LogP contribution in [0.25, 0.3) is 10.9 Å². The average molecular weight is 365 g/mol. The van der Waals surface area contributed by atoms with E-state index in [0.717, 1.165) is 5.56 Å². The predicted octanol–water partition coefficient (Wildman–Crippen LogP) is 3.67. The molecule has 0 fully saturated rings. The number of nitrogens with one attached hydrogen (secondary N) is 2. The lowest BCUT2D eigenvalue weighted by Gasteiger charge is -2.22. The fourth-order valence-corrected chi connectivity index (χ4v) is 2.93. The first-order valence-electron chi connectivity index (χ1n) is 8.62. The largest absolute Gasteiger partial charge is 0.492 e. The first kappa shape index (κ1) is 18.5.